The van der Waals surface area contributed by atoms with Crippen LogP contribution in [0, 0.1) is 34.6 Å². The second kappa shape index (κ2) is 8.87. The zero-order valence-electron chi connectivity index (χ0n) is 20.7. The van der Waals surface area contributed by atoms with E-state index in [1.165, 1.54) is 15.5 Å². The predicted octanol–water partition coefficient (Wildman–Crippen LogP) is 5.67. The van der Waals surface area contributed by atoms with Crippen LogP contribution in [0.2, 0.25) is 0 Å². The summed E-state index contributed by atoms with van der Waals surface area (Å²) in [5, 5.41) is 4.81. The van der Waals surface area contributed by atoms with Gasteiger partial charge in [0.25, 0.3) is 5.56 Å². The number of fused-ring (bicyclic) bond motifs is 1. The Morgan fingerprint density at radius 3 is 2.37 bits per heavy atom. The molecule has 6 heteroatoms. The van der Waals surface area contributed by atoms with Crippen molar-refractivity contribution >= 4 is 5.65 Å². The Bertz CT molecular complexity index is 1610. The van der Waals surface area contributed by atoms with E-state index in [1.54, 1.807) is 12.3 Å². The number of benzene rings is 2. The average molecular weight is 465 g/mol. The Kier molecular flexibility index (Phi) is 5.73. The molecule has 0 radical (unpaired) electrons. The number of hydrogen-bond acceptors (Lipinski definition) is 4. The molecule has 0 saturated carbocycles. The van der Waals surface area contributed by atoms with Crippen molar-refractivity contribution < 1.29 is 4.74 Å². The summed E-state index contributed by atoms with van der Waals surface area (Å²) >= 11 is 0. The van der Waals surface area contributed by atoms with Gasteiger partial charge in [-0.2, -0.15) is 5.10 Å². The molecular formula is C29H28N4O2. The van der Waals surface area contributed by atoms with Gasteiger partial charge in [-0.15, -0.1) is 0 Å². The van der Waals surface area contributed by atoms with Gasteiger partial charge in [-0.3, -0.25) is 9.20 Å². The van der Waals surface area contributed by atoms with Crippen molar-refractivity contribution in [3.8, 4) is 22.7 Å². The molecule has 35 heavy (non-hydrogen) atoms. The van der Waals surface area contributed by atoms with Crippen molar-refractivity contribution in [2.45, 2.75) is 41.2 Å². The summed E-state index contributed by atoms with van der Waals surface area (Å²) in [6.07, 6.45) is 1.72. The zero-order valence-corrected chi connectivity index (χ0v) is 20.7. The van der Waals surface area contributed by atoms with E-state index in [1.807, 2.05) is 42.8 Å². The fourth-order valence-electron chi connectivity index (χ4n) is 4.38. The highest BCUT2D eigenvalue weighted by Crippen LogP contribution is 2.25. The monoisotopic (exact) mass is 464 g/mol. The van der Waals surface area contributed by atoms with Gasteiger partial charge in [0.05, 0.1) is 16.9 Å². The van der Waals surface area contributed by atoms with E-state index in [0.29, 0.717) is 35.0 Å². The van der Waals surface area contributed by atoms with Gasteiger partial charge < -0.3 is 4.74 Å². The molecule has 0 N–H and O–H groups in total. The van der Waals surface area contributed by atoms with Crippen LogP contribution in [0.3, 0.4) is 0 Å². The molecule has 6 nitrogen and oxygen atoms in total. The van der Waals surface area contributed by atoms with Gasteiger partial charge in [-0.25, -0.2) is 9.67 Å². The standard InChI is InChI=1S/C29H28N4O2/c1-18-8-11-23(12-9-18)17-35-26-7-6-14-32-28(26)30-22(5)27(29(32)34)24-16-21(4)33(31-24)25-13-10-19(2)15-20(25)3/h6-16H,17H2,1-5H3. The van der Waals surface area contributed by atoms with E-state index in [0.717, 1.165) is 22.5 Å². The zero-order chi connectivity index (χ0) is 24.7. The Hall–Kier alpha value is -4.19. The quantitative estimate of drug-likeness (QED) is 0.336. The fourth-order valence-corrected chi connectivity index (χ4v) is 4.38. The molecule has 176 valence electrons. The van der Waals surface area contributed by atoms with Crippen LogP contribution in [0.1, 0.15) is 33.6 Å². The first kappa shape index (κ1) is 22.6. The van der Waals surface area contributed by atoms with E-state index in [9.17, 15) is 4.79 Å². The molecule has 5 rings (SSSR count). The molecule has 0 atom stereocenters. The molecule has 0 bridgehead atoms. The van der Waals surface area contributed by atoms with Gasteiger partial charge >= 0.3 is 0 Å². The molecule has 3 heterocycles. The SMILES string of the molecule is Cc1ccc(COc2cccn3c(=O)c(-c4cc(C)n(-c5ccc(C)cc5C)n4)c(C)nc23)cc1. The number of hydrogen-bond donors (Lipinski definition) is 0. The fraction of sp³-hybridized carbons (Fsp3) is 0.207. The Labute approximate surface area is 204 Å². The molecule has 3 aromatic heterocycles. The van der Waals surface area contributed by atoms with E-state index in [-0.39, 0.29) is 5.56 Å². The first-order valence-electron chi connectivity index (χ1n) is 11.7. The van der Waals surface area contributed by atoms with Gasteiger partial charge in [-0.1, -0.05) is 47.5 Å². The molecule has 0 fully saturated rings. The maximum Gasteiger partial charge on any atom is 0.267 e. The molecule has 2 aromatic carbocycles. The van der Waals surface area contributed by atoms with Crippen LogP contribution >= 0.6 is 0 Å². The summed E-state index contributed by atoms with van der Waals surface area (Å²) in [6.45, 7) is 10.4. The maximum atomic E-state index is 13.6. The van der Waals surface area contributed by atoms with Gasteiger partial charge in [-0.05, 0) is 70.0 Å². The van der Waals surface area contributed by atoms with E-state index >= 15 is 0 Å². The van der Waals surface area contributed by atoms with E-state index in [4.69, 9.17) is 14.8 Å². The summed E-state index contributed by atoms with van der Waals surface area (Å²) in [7, 11) is 0. The lowest BCUT2D eigenvalue weighted by Gasteiger charge is -2.12. The van der Waals surface area contributed by atoms with Gasteiger partial charge in [0, 0.05) is 11.9 Å². The molecule has 0 aliphatic carbocycles. The minimum Gasteiger partial charge on any atom is -0.485 e. The number of nitrogens with zero attached hydrogens (tertiary/aromatic N) is 4. The second-order valence-corrected chi connectivity index (χ2v) is 9.09. The molecule has 0 saturated heterocycles. The van der Waals surface area contributed by atoms with Crippen molar-refractivity contribution in [3.63, 3.8) is 0 Å². The normalized spacial score (nSPS) is 11.2. The minimum atomic E-state index is -0.168. The maximum absolute atomic E-state index is 13.6. The number of aryl methyl sites for hydroxylation is 5. The topological polar surface area (TPSA) is 61.4 Å². The van der Waals surface area contributed by atoms with Crippen LogP contribution in [0.5, 0.6) is 5.75 Å². The van der Waals surface area contributed by atoms with Crippen LogP contribution in [-0.4, -0.2) is 19.2 Å². The van der Waals surface area contributed by atoms with Gasteiger partial charge in [0.2, 0.25) is 0 Å². The van der Waals surface area contributed by atoms with Crippen LogP contribution in [0.4, 0.5) is 0 Å². The Morgan fingerprint density at radius 1 is 0.886 bits per heavy atom. The molecule has 0 spiro atoms. The lowest BCUT2D eigenvalue weighted by atomic mass is 10.1. The van der Waals surface area contributed by atoms with E-state index < -0.39 is 0 Å². The molecule has 0 aliphatic rings. The summed E-state index contributed by atoms with van der Waals surface area (Å²) in [6, 6.07) is 20.0. The van der Waals surface area contributed by atoms with Crippen molar-refractivity contribution in [2.75, 3.05) is 0 Å². The number of ether oxygens (including phenoxy) is 1. The first-order chi connectivity index (χ1) is 16.8. The van der Waals surface area contributed by atoms with Crippen molar-refractivity contribution in [1.29, 1.82) is 0 Å². The third-order valence-corrected chi connectivity index (χ3v) is 6.24. The summed E-state index contributed by atoms with van der Waals surface area (Å²) in [4.78, 5) is 18.4. The number of rotatable bonds is 5. The van der Waals surface area contributed by atoms with Crippen LogP contribution in [0.25, 0.3) is 22.6 Å². The molecule has 0 aliphatic heterocycles. The minimum absolute atomic E-state index is 0.168. The van der Waals surface area contributed by atoms with Crippen molar-refractivity contribution in [1.82, 2.24) is 19.2 Å². The van der Waals surface area contributed by atoms with Crippen molar-refractivity contribution in [2.24, 2.45) is 0 Å². The third kappa shape index (κ3) is 4.23. The first-order valence-corrected chi connectivity index (χ1v) is 11.7. The van der Waals surface area contributed by atoms with Crippen LogP contribution in [-0.2, 0) is 6.61 Å². The highest BCUT2D eigenvalue weighted by Gasteiger charge is 2.19. The molecule has 5 aromatic rings. The lowest BCUT2D eigenvalue weighted by molar-refractivity contribution is 0.308. The summed E-state index contributed by atoms with van der Waals surface area (Å²) in [5.41, 5.74) is 8.58. The lowest BCUT2D eigenvalue weighted by Crippen LogP contribution is -2.19. The highest BCUT2D eigenvalue weighted by atomic mass is 16.5. The van der Waals surface area contributed by atoms with Gasteiger partial charge in [0.15, 0.2) is 11.4 Å². The highest BCUT2D eigenvalue weighted by molar-refractivity contribution is 5.66. The average Bonchev–Trinajstić information content (AvgIpc) is 3.19. The second-order valence-electron chi connectivity index (χ2n) is 9.09. The summed E-state index contributed by atoms with van der Waals surface area (Å²) < 4.78 is 9.49. The largest absolute Gasteiger partial charge is 0.485 e. The van der Waals surface area contributed by atoms with E-state index in [2.05, 4.69) is 51.1 Å². The molecular weight excluding hydrogens is 436 g/mol. The third-order valence-electron chi connectivity index (χ3n) is 6.24. The molecule has 0 amide bonds. The molecule has 0 unspecified atom stereocenters. The predicted molar refractivity (Wildman–Crippen MR) is 138 cm³/mol. The van der Waals surface area contributed by atoms with Gasteiger partial charge in [0.1, 0.15) is 12.3 Å². The Morgan fingerprint density at radius 2 is 1.63 bits per heavy atom. The number of pyridine rings is 1. The van der Waals surface area contributed by atoms with Crippen molar-refractivity contribution in [3.05, 3.63) is 111 Å². The van der Waals surface area contributed by atoms with Crippen LogP contribution < -0.4 is 10.3 Å². The number of aromatic nitrogens is 4. The Balaban J connectivity index is 1.55. The smallest absolute Gasteiger partial charge is 0.267 e. The summed E-state index contributed by atoms with van der Waals surface area (Å²) in [5.74, 6) is 0.566. The van der Waals surface area contributed by atoms with Crippen LogP contribution in [0.15, 0.2) is 71.7 Å².